The Hall–Kier alpha value is -1.99. The van der Waals surface area contributed by atoms with Gasteiger partial charge in [-0.15, -0.1) is 11.3 Å². The number of carbonyl (C=O) groups is 2. The lowest BCUT2D eigenvalue weighted by Crippen LogP contribution is -3.11. The van der Waals surface area contributed by atoms with E-state index in [1.54, 1.807) is 11.3 Å². The van der Waals surface area contributed by atoms with Crippen molar-refractivity contribution in [3.8, 4) is 0 Å². The van der Waals surface area contributed by atoms with Gasteiger partial charge in [0.15, 0.2) is 13.1 Å². The normalized spacial score (nSPS) is 18.9. The Morgan fingerprint density at radius 2 is 2.04 bits per heavy atom. The molecule has 1 saturated heterocycles. The molecule has 1 unspecified atom stereocenters. The molecule has 1 aromatic carbocycles. The molecule has 2 N–H and O–H groups in total. The van der Waals surface area contributed by atoms with E-state index >= 15 is 0 Å². The standard InChI is InChI=1S/C21H30N4O2S/c1-21(2,3)23-18(26)13-24(4)14-19(27)25-11-7-8-15(12-25)20-22-16-9-5-6-10-17(16)28-20/h5-6,9-10,15H,7-8,11-14H2,1-4H3,(H,23,26)/p+1/t15-/m0/s1. The molecular formula is C21H31N4O2S+. The molecule has 1 aliphatic heterocycles. The number of rotatable bonds is 5. The number of thiazole rings is 1. The average Bonchev–Trinajstić information content (AvgIpc) is 3.04. The number of hydrogen-bond donors (Lipinski definition) is 2. The van der Waals surface area contributed by atoms with Crippen LogP contribution >= 0.6 is 11.3 Å². The number of amides is 2. The van der Waals surface area contributed by atoms with Crippen LogP contribution in [0.2, 0.25) is 0 Å². The van der Waals surface area contributed by atoms with Crippen LogP contribution in [0.3, 0.4) is 0 Å². The lowest BCUT2D eigenvalue weighted by atomic mass is 9.98. The first-order chi connectivity index (χ1) is 13.2. The third kappa shape index (κ3) is 5.52. The maximum Gasteiger partial charge on any atom is 0.277 e. The van der Waals surface area contributed by atoms with E-state index in [1.165, 1.54) is 4.70 Å². The Bertz CT molecular complexity index is 809. The third-order valence-electron chi connectivity index (χ3n) is 4.86. The SMILES string of the molecule is C[NH+](CC(=O)NC(C)(C)C)CC(=O)N1CCC[C@H](c2nc3ccccc3s2)C1. The maximum atomic E-state index is 12.8. The molecule has 0 saturated carbocycles. The Morgan fingerprint density at radius 1 is 1.29 bits per heavy atom. The second-order valence-electron chi connectivity index (χ2n) is 8.81. The average molecular weight is 404 g/mol. The summed E-state index contributed by atoms with van der Waals surface area (Å²) in [6.45, 7) is 8.04. The first-order valence-corrected chi connectivity index (χ1v) is 10.8. The number of benzene rings is 1. The highest BCUT2D eigenvalue weighted by atomic mass is 32.1. The van der Waals surface area contributed by atoms with Gasteiger partial charge in [0, 0.05) is 24.5 Å². The zero-order valence-corrected chi connectivity index (χ0v) is 18.1. The van der Waals surface area contributed by atoms with E-state index in [1.807, 2.05) is 50.9 Å². The van der Waals surface area contributed by atoms with E-state index < -0.39 is 0 Å². The number of likely N-dealkylation sites (N-methyl/N-ethyl adjacent to an activating group) is 1. The maximum absolute atomic E-state index is 12.8. The highest BCUT2D eigenvalue weighted by molar-refractivity contribution is 7.18. The van der Waals surface area contributed by atoms with E-state index in [0.29, 0.717) is 19.0 Å². The quantitative estimate of drug-likeness (QED) is 0.794. The number of nitrogens with zero attached hydrogens (tertiary/aromatic N) is 2. The Morgan fingerprint density at radius 3 is 2.75 bits per heavy atom. The number of aromatic nitrogens is 1. The van der Waals surface area contributed by atoms with Crippen LogP contribution in [0.25, 0.3) is 10.2 Å². The van der Waals surface area contributed by atoms with E-state index in [2.05, 4.69) is 11.4 Å². The lowest BCUT2D eigenvalue weighted by molar-refractivity contribution is -0.863. The summed E-state index contributed by atoms with van der Waals surface area (Å²) < 4.78 is 1.20. The van der Waals surface area contributed by atoms with E-state index in [-0.39, 0.29) is 17.4 Å². The molecule has 28 heavy (non-hydrogen) atoms. The van der Waals surface area contributed by atoms with Crippen molar-refractivity contribution < 1.29 is 14.5 Å². The van der Waals surface area contributed by atoms with Crippen LogP contribution < -0.4 is 10.2 Å². The molecule has 152 valence electrons. The van der Waals surface area contributed by atoms with Gasteiger partial charge in [0.2, 0.25) is 0 Å². The molecule has 1 aliphatic rings. The first kappa shape index (κ1) is 20.7. The van der Waals surface area contributed by atoms with Gasteiger partial charge in [-0.2, -0.15) is 0 Å². The van der Waals surface area contributed by atoms with Gasteiger partial charge >= 0.3 is 0 Å². The summed E-state index contributed by atoms with van der Waals surface area (Å²) in [7, 11) is 1.90. The van der Waals surface area contributed by atoms with Gasteiger partial charge < -0.3 is 15.1 Å². The number of para-hydroxylation sites is 1. The van der Waals surface area contributed by atoms with Crippen LogP contribution in [0, 0.1) is 0 Å². The molecular weight excluding hydrogens is 372 g/mol. The molecule has 1 aromatic heterocycles. The second-order valence-corrected chi connectivity index (χ2v) is 9.87. The summed E-state index contributed by atoms with van der Waals surface area (Å²) in [5.41, 5.74) is 0.790. The minimum atomic E-state index is -0.251. The zero-order chi connectivity index (χ0) is 20.3. The lowest BCUT2D eigenvalue weighted by Gasteiger charge is -2.32. The molecule has 2 amide bonds. The van der Waals surface area contributed by atoms with Crippen molar-refractivity contribution in [2.75, 3.05) is 33.2 Å². The summed E-state index contributed by atoms with van der Waals surface area (Å²) in [6, 6.07) is 8.19. The third-order valence-corrected chi connectivity index (χ3v) is 6.06. The zero-order valence-electron chi connectivity index (χ0n) is 17.2. The van der Waals surface area contributed by atoms with Crippen LogP contribution in [0.15, 0.2) is 24.3 Å². The van der Waals surface area contributed by atoms with Gasteiger partial charge in [-0.25, -0.2) is 4.98 Å². The van der Waals surface area contributed by atoms with E-state index in [9.17, 15) is 9.59 Å². The summed E-state index contributed by atoms with van der Waals surface area (Å²) in [6.07, 6.45) is 2.07. The molecule has 2 heterocycles. The fraction of sp³-hybridized carbons (Fsp3) is 0.571. The highest BCUT2D eigenvalue weighted by Crippen LogP contribution is 2.32. The van der Waals surface area contributed by atoms with Crippen molar-refractivity contribution in [2.45, 2.75) is 45.1 Å². The molecule has 1 fully saturated rings. The van der Waals surface area contributed by atoms with Gasteiger partial charge in [-0.3, -0.25) is 9.59 Å². The number of piperidine rings is 1. The van der Waals surface area contributed by atoms with Crippen molar-refractivity contribution in [2.24, 2.45) is 0 Å². The molecule has 6 nitrogen and oxygen atoms in total. The molecule has 2 atom stereocenters. The van der Waals surface area contributed by atoms with E-state index in [4.69, 9.17) is 4.98 Å². The smallest absolute Gasteiger partial charge is 0.277 e. The van der Waals surface area contributed by atoms with Gasteiger partial charge in [0.05, 0.1) is 22.3 Å². The fourth-order valence-corrected chi connectivity index (χ4v) is 4.73. The Labute approximate surface area is 170 Å². The largest absolute Gasteiger partial charge is 0.347 e. The second kappa shape index (κ2) is 8.57. The number of carbonyl (C=O) groups excluding carboxylic acids is 2. The highest BCUT2D eigenvalue weighted by Gasteiger charge is 2.29. The van der Waals surface area contributed by atoms with Crippen LogP contribution in [0.4, 0.5) is 0 Å². The molecule has 0 aliphatic carbocycles. The number of nitrogens with one attached hydrogen (secondary N) is 2. The van der Waals surface area contributed by atoms with Crippen LogP contribution in [0.1, 0.15) is 44.5 Å². The fourth-order valence-electron chi connectivity index (χ4n) is 3.64. The van der Waals surface area contributed by atoms with Crippen molar-refractivity contribution >= 4 is 33.4 Å². The van der Waals surface area contributed by atoms with Crippen molar-refractivity contribution in [3.63, 3.8) is 0 Å². The predicted molar refractivity (Wildman–Crippen MR) is 113 cm³/mol. The summed E-state index contributed by atoms with van der Waals surface area (Å²) in [4.78, 5) is 32.5. The van der Waals surface area contributed by atoms with Crippen molar-refractivity contribution in [1.82, 2.24) is 15.2 Å². The Balaban J connectivity index is 1.56. The summed E-state index contributed by atoms with van der Waals surface area (Å²) in [5.74, 6) is 0.398. The number of quaternary nitrogens is 1. The Kier molecular flexibility index (Phi) is 6.35. The van der Waals surface area contributed by atoms with Crippen molar-refractivity contribution in [3.05, 3.63) is 29.3 Å². The molecule has 0 spiro atoms. The molecule has 0 radical (unpaired) electrons. The van der Waals surface area contributed by atoms with Crippen molar-refractivity contribution in [1.29, 1.82) is 0 Å². The molecule has 7 heteroatoms. The van der Waals surface area contributed by atoms with Gasteiger partial charge in [0.25, 0.3) is 11.8 Å². The molecule has 3 rings (SSSR count). The monoisotopic (exact) mass is 403 g/mol. The number of fused-ring (bicyclic) bond motifs is 1. The van der Waals surface area contributed by atoms with Gasteiger partial charge in [-0.05, 0) is 45.7 Å². The number of hydrogen-bond acceptors (Lipinski definition) is 4. The number of likely N-dealkylation sites (tertiary alicyclic amines) is 1. The van der Waals surface area contributed by atoms with Crippen LogP contribution in [-0.2, 0) is 9.59 Å². The topological polar surface area (TPSA) is 66.7 Å². The minimum absolute atomic E-state index is 0.0243. The van der Waals surface area contributed by atoms with Crippen LogP contribution in [0.5, 0.6) is 0 Å². The first-order valence-electron chi connectivity index (χ1n) is 9.97. The molecule has 2 aromatic rings. The van der Waals surface area contributed by atoms with Crippen LogP contribution in [-0.4, -0.2) is 60.5 Å². The summed E-state index contributed by atoms with van der Waals surface area (Å²) >= 11 is 1.74. The summed E-state index contributed by atoms with van der Waals surface area (Å²) in [5, 5.41) is 4.08. The van der Waals surface area contributed by atoms with Gasteiger partial charge in [0.1, 0.15) is 0 Å². The van der Waals surface area contributed by atoms with Gasteiger partial charge in [-0.1, -0.05) is 12.1 Å². The minimum Gasteiger partial charge on any atom is -0.347 e. The van der Waals surface area contributed by atoms with E-state index in [0.717, 1.165) is 41.4 Å². The molecule has 0 bridgehead atoms. The predicted octanol–water partition coefficient (Wildman–Crippen LogP) is 1.43.